The largest absolute Gasteiger partial charge is 0.370 e. The number of carbonyl (C=O) groups is 1. The van der Waals surface area contributed by atoms with E-state index in [1.807, 2.05) is 42.5 Å². The number of hydrogen-bond donors (Lipinski definition) is 1. The molecule has 3 aromatic rings. The van der Waals surface area contributed by atoms with Crippen LogP contribution in [-0.4, -0.2) is 74.7 Å². The molecule has 1 amide bonds. The molecule has 2 aliphatic rings. The molecule has 0 aromatic heterocycles. The number of nitrogens with zero attached hydrogens (tertiary/aromatic N) is 2. The normalized spacial score (nSPS) is 20.7. The van der Waals surface area contributed by atoms with Crippen LogP contribution in [0.25, 0.3) is 16.8 Å². The highest BCUT2D eigenvalue weighted by atomic mass is 32.2. The van der Waals surface area contributed by atoms with Gasteiger partial charge in [-0.3, -0.25) is 9.69 Å². The average molecular weight is 590 g/mol. The van der Waals surface area contributed by atoms with Crippen LogP contribution in [0.15, 0.2) is 78.9 Å². The van der Waals surface area contributed by atoms with Crippen molar-refractivity contribution in [3.63, 3.8) is 0 Å². The number of piperidine rings is 2. The van der Waals surface area contributed by atoms with Gasteiger partial charge in [-0.2, -0.15) is 4.31 Å². The van der Waals surface area contributed by atoms with Crippen molar-refractivity contribution in [1.29, 1.82) is 0 Å². The van der Waals surface area contributed by atoms with Crippen LogP contribution < -0.4 is 5.32 Å². The Morgan fingerprint density at radius 2 is 1.74 bits per heavy atom. The zero-order valence-electron chi connectivity index (χ0n) is 24.4. The molecule has 2 heterocycles. The summed E-state index contributed by atoms with van der Waals surface area (Å²) in [6, 6.07) is 24.4. The lowest BCUT2D eigenvalue weighted by Crippen LogP contribution is -2.47. The first-order chi connectivity index (χ1) is 20.5. The maximum Gasteiger partial charge on any atom is 0.246 e. The molecule has 42 heavy (non-hydrogen) atoms. The number of benzene rings is 3. The first-order valence-electron chi connectivity index (χ1n) is 15.2. The Bertz CT molecular complexity index is 1440. The summed E-state index contributed by atoms with van der Waals surface area (Å²) in [4.78, 5) is 15.0. The Morgan fingerprint density at radius 3 is 2.62 bits per heavy atom. The standard InChI is InChI=1S/C34H43N3O4S/c38-34(35-23-29-13-9-20-36(25-29)24-28-11-2-1-3-12-28)27-41-26-32-18-6-7-21-37(32)42(39,40)22-10-17-31-16-8-15-30-14-4-5-19-33(30)31/h1-5,8,10-12,14-17,19,29,32H,6-7,9,13,18,20-27H2,(H,35,38). The third kappa shape index (κ3) is 8.51. The number of sulfonamides is 1. The highest BCUT2D eigenvalue weighted by molar-refractivity contribution is 7.89. The maximum atomic E-state index is 13.3. The second-order valence-corrected chi connectivity index (χ2v) is 13.5. The van der Waals surface area contributed by atoms with E-state index in [9.17, 15) is 13.2 Å². The minimum absolute atomic E-state index is 0.0498. The Hall–Kier alpha value is -3.04. The fourth-order valence-electron chi connectivity index (χ4n) is 6.20. The number of fused-ring (bicyclic) bond motifs is 1. The van der Waals surface area contributed by atoms with E-state index in [4.69, 9.17) is 4.74 Å². The molecule has 8 heteroatoms. The average Bonchev–Trinajstić information content (AvgIpc) is 3.01. The van der Waals surface area contributed by atoms with Crippen LogP contribution >= 0.6 is 0 Å². The molecular formula is C34H43N3O4S. The van der Waals surface area contributed by atoms with Gasteiger partial charge in [0, 0.05) is 32.2 Å². The summed E-state index contributed by atoms with van der Waals surface area (Å²) in [7, 11) is -3.50. The van der Waals surface area contributed by atoms with Gasteiger partial charge in [-0.1, -0.05) is 91.4 Å². The predicted octanol–water partition coefficient (Wildman–Crippen LogP) is 5.08. The van der Waals surface area contributed by atoms with Crippen LogP contribution in [-0.2, 0) is 26.1 Å². The van der Waals surface area contributed by atoms with Crippen LogP contribution in [0.1, 0.15) is 43.2 Å². The molecule has 0 spiro atoms. The zero-order valence-corrected chi connectivity index (χ0v) is 25.2. The molecule has 5 rings (SSSR count). The first-order valence-corrected chi connectivity index (χ1v) is 16.8. The van der Waals surface area contributed by atoms with Crippen LogP contribution in [0.5, 0.6) is 0 Å². The van der Waals surface area contributed by atoms with E-state index >= 15 is 0 Å². The van der Waals surface area contributed by atoms with Gasteiger partial charge < -0.3 is 10.1 Å². The number of likely N-dealkylation sites (tertiary alicyclic amines) is 1. The van der Waals surface area contributed by atoms with Gasteiger partial charge in [-0.15, -0.1) is 0 Å². The molecule has 0 radical (unpaired) electrons. The summed E-state index contributed by atoms with van der Waals surface area (Å²) in [6.07, 6.45) is 8.41. The highest BCUT2D eigenvalue weighted by Gasteiger charge is 2.31. The summed E-state index contributed by atoms with van der Waals surface area (Å²) in [5, 5.41) is 5.27. The van der Waals surface area contributed by atoms with E-state index in [2.05, 4.69) is 46.6 Å². The maximum absolute atomic E-state index is 13.3. The number of amides is 1. The second-order valence-electron chi connectivity index (χ2n) is 11.6. The van der Waals surface area contributed by atoms with Gasteiger partial charge in [0.25, 0.3) is 0 Å². The van der Waals surface area contributed by atoms with Gasteiger partial charge in [0.1, 0.15) is 6.61 Å². The van der Waals surface area contributed by atoms with Crippen molar-refractivity contribution in [2.24, 2.45) is 5.92 Å². The zero-order chi connectivity index (χ0) is 29.2. The summed E-state index contributed by atoms with van der Waals surface area (Å²) in [5.41, 5.74) is 2.32. The monoisotopic (exact) mass is 589 g/mol. The number of hydrogen-bond acceptors (Lipinski definition) is 5. The lowest BCUT2D eigenvalue weighted by Gasteiger charge is -2.34. The highest BCUT2D eigenvalue weighted by Crippen LogP contribution is 2.23. The van der Waals surface area contributed by atoms with E-state index in [-0.39, 0.29) is 30.9 Å². The molecule has 224 valence electrons. The number of ether oxygens (including phenoxy) is 1. The van der Waals surface area contributed by atoms with Crippen molar-refractivity contribution in [3.8, 4) is 0 Å². The molecule has 7 nitrogen and oxygen atoms in total. The Balaban J connectivity index is 1.06. The lowest BCUT2D eigenvalue weighted by molar-refractivity contribution is -0.126. The second kappa shape index (κ2) is 14.9. The number of nitrogens with one attached hydrogen (secondary N) is 1. The predicted molar refractivity (Wildman–Crippen MR) is 169 cm³/mol. The smallest absolute Gasteiger partial charge is 0.246 e. The molecule has 0 saturated carbocycles. The molecule has 2 atom stereocenters. The van der Waals surface area contributed by atoms with E-state index in [0.717, 1.165) is 68.1 Å². The van der Waals surface area contributed by atoms with Crippen LogP contribution in [0.3, 0.4) is 0 Å². The number of rotatable bonds is 12. The molecule has 2 fully saturated rings. The van der Waals surface area contributed by atoms with Crippen molar-refractivity contribution >= 4 is 32.8 Å². The molecule has 1 N–H and O–H groups in total. The summed E-state index contributed by atoms with van der Waals surface area (Å²) < 4.78 is 34.0. The molecule has 0 aliphatic carbocycles. The minimum atomic E-state index is -3.50. The Kier molecular flexibility index (Phi) is 10.8. The molecule has 2 aliphatic heterocycles. The third-order valence-corrected chi connectivity index (χ3v) is 10.2. The van der Waals surface area contributed by atoms with Crippen molar-refractivity contribution in [2.45, 2.75) is 44.7 Å². The van der Waals surface area contributed by atoms with E-state index in [0.29, 0.717) is 19.0 Å². The molecule has 2 saturated heterocycles. The van der Waals surface area contributed by atoms with Crippen LogP contribution in [0, 0.1) is 5.92 Å². The van der Waals surface area contributed by atoms with Crippen molar-refractivity contribution in [2.75, 3.05) is 45.1 Å². The topological polar surface area (TPSA) is 78.9 Å². The fraction of sp³-hybridized carbons (Fsp3) is 0.441. The Morgan fingerprint density at radius 1 is 0.929 bits per heavy atom. The van der Waals surface area contributed by atoms with Gasteiger partial charge in [-0.05, 0) is 60.0 Å². The summed E-state index contributed by atoms with van der Waals surface area (Å²) in [6.45, 7) is 4.31. The van der Waals surface area contributed by atoms with E-state index in [1.165, 1.54) is 5.56 Å². The van der Waals surface area contributed by atoms with Crippen LogP contribution in [0.4, 0.5) is 0 Å². The van der Waals surface area contributed by atoms with E-state index in [1.54, 1.807) is 10.4 Å². The van der Waals surface area contributed by atoms with Gasteiger partial charge in [0.15, 0.2) is 0 Å². The van der Waals surface area contributed by atoms with Crippen molar-refractivity contribution in [1.82, 2.24) is 14.5 Å². The van der Waals surface area contributed by atoms with Crippen LogP contribution in [0.2, 0.25) is 0 Å². The molecule has 0 bridgehead atoms. The fourth-order valence-corrected chi connectivity index (χ4v) is 7.75. The van der Waals surface area contributed by atoms with Gasteiger partial charge in [-0.25, -0.2) is 8.42 Å². The first kappa shape index (κ1) is 30.4. The molecular weight excluding hydrogens is 546 g/mol. The molecule has 2 unspecified atom stereocenters. The summed E-state index contributed by atoms with van der Waals surface area (Å²) in [5.74, 6) is 0.223. The minimum Gasteiger partial charge on any atom is -0.370 e. The van der Waals surface area contributed by atoms with Crippen molar-refractivity contribution in [3.05, 3.63) is 90.0 Å². The Labute approximate surface area is 250 Å². The van der Waals surface area contributed by atoms with Gasteiger partial charge in [0.2, 0.25) is 15.9 Å². The van der Waals surface area contributed by atoms with Crippen molar-refractivity contribution < 1.29 is 17.9 Å². The quantitative estimate of drug-likeness (QED) is 0.319. The number of carbonyl (C=O) groups excluding carboxylic acids is 1. The third-order valence-electron chi connectivity index (χ3n) is 8.34. The summed E-state index contributed by atoms with van der Waals surface area (Å²) >= 11 is 0. The van der Waals surface area contributed by atoms with Gasteiger partial charge in [0.05, 0.1) is 12.4 Å². The molecule has 3 aromatic carbocycles. The SMILES string of the molecule is O=C(COCC1CCCCN1S(=O)(=O)CC=Cc1cccc2ccccc12)NCC1CCCN(Cc2ccccc2)C1. The van der Waals surface area contributed by atoms with Gasteiger partial charge >= 0.3 is 0 Å². The lowest BCUT2D eigenvalue weighted by atomic mass is 9.97. The van der Waals surface area contributed by atoms with E-state index < -0.39 is 10.0 Å².